The lowest BCUT2D eigenvalue weighted by atomic mass is 9.87. The predicted molar refractivity (Wildman–Crippen MR) is 150 cm³/mol. The maximum absolute atomic E-state index is 13.4. The predicted octanol–water partition coefficient (Wildman–Crippen LogP) is 4.56. The second-order valence-corrected chi connectivity index (χ2v) is 12.3. The Labute approximate surface area is 232 Å². The molecule has 0 aromatic heterocycles. The van der Waals surface area contributed by atoms with Crippen molar-refractivity contribution in [1.82, 2.24) is 10.0 Å². The van der Waals surface area contributed by atoms with Crippen molar-refractivity contribution in [2.75, 3.05) is 7.11 Å². The highest BCUT2D eigenvalue weighted by Gasteiger charge is 2.35. The van der Waals surface area contributed by atoms with Crippen LogP contribution >= 0.6 is 0 Å². The van der Waals surface area contributed by atoms with Gasteiger partial charge in [0.15, 0.2) is 0 Å². The van der Waals surface area contributed by atoms with Gasteiger partial charge in [-0.3, -0.25) is 0 Å². The molecule has 9 nitrogen and oxygen atoms in total. The van der Waals surface area contributed by atoms with E-state index < -0.39 is 39.9 Å². The van der Waals surface area contributed by atoms with Crippen LogP contribution < -0.4 is 14.8 Å². The summed E-state index contributed by atoms with van der Waals surface area (Å²) in [5, 5.41) is 23.5. The topological polar surface area (TPSA) is 138 Å². The number of nitrogens with one attached hydrogen (secondary N) is 2. The molecule has 2 aromatic rings. The Morgan fingerprint density at radius 1 is 1.08 bits per heavy atom. The number of rotatable bonds is 14. The third-order valence-electron chi connectivity index (χ3n) is 6.33. The molecule has 0 radical (unpaired) electrons. The largest absolute Gasteiger partial charge is 0.497 e. The quantitative estimate of drug-likeness (QED) is 0.308. The molecule has 39 heavy (non-hydrogen) atoms. The number of nitriles is 1. The molecule has 2 rings (SSSR count). The van der Waals surface area contributed by atoms with Crippen LogP contribution in [-0.4, -0.2) is 50.5 Å². The van der Waals surface area contributed by atoms with Crippen LogP contribution in [0.1, 0.15) is 58.9 Å². The van der Waals surface area contributed by atoms with Gasteiger partial charge in [-0.15, -0.1) is 0 Å². The third kappa shape index (κ3) is 10.9. The van der Waals surface area contributed by atoms with Crippen LogP contribution in [-0.2, 0) is 21.2 Å². The maximum atomic E-state index is 13.4. The number of hydrogen-bond donors (Lipinski definition) is 3. The summed E-state index contributed by atoms with van der Waals surface area (Å²) >= 11 is 0. The molecule has 0 aliphatic carbocycles. The van der Waals surface area contributed by atoms with E-state index in [0.717, 1.165) is 5.56 Å². The van der Waals surface area contributed by atoms with Gasteiger partial charge in [0.2, 0.25) is 10.0 Å². The van der Waals surface area contributed by atoms with Gasteiger partial charge < -0.3 is 19.9 Å². The molecular formula is C29H41N3O6S. The van der Waals surface area contributed by atoms with Crippen LogP contribution in [0.2, 0.25) is 0 Å². The van der Waals surface area contributed by atoms with Crippen LogP contribution in [0.25, 0.3) is 0 Å². The second-order valence-electron chi connectivity index (χ2n) is 10.5. The molecule has 0 bridgehead atoms. The van der Waals surface area contributed by atoms with E-state index in [9.17, 15) is 18.3 Å². The summed E-state index contributed by atoms with van der Waals surface area (Å²) in [5.41, 5.74) is 0.0950. The first-order valence-corrected chi connectivity index (χ1v) is 14.6. The minimum Gasteiger partial charge on any atom is -0.497 e. The van der Waals surface area contributed by atoms with Crippen molar-refractivity contribution in [3.63, 3.8) is 0 Å². The van der Waals surface area contributed by atoms with Crippen LogP contribution in [0, 0.1) is 17.2 Å². The molecule has 0 saturated heterocycles. The van der Waals surface area contributed by atoms with Crippen molar-refractivity contribution in [1.29, 1.82) is 5.26 Å². The summed E-state index contributed by atoms with van der Waals surface area (Å²) in [6, 6.07) is 15.6. The number of benzene rings is 2. The Hall–Kier alpha value is -3.13. The lowest BCUT2D eigenvalue weighted by molar-refractivity contribution is 0.0366. The van der Waals surface area contributed by atoms with E-state index in [1.807, 2.05) is 37.3 Å². The molecular weight excluding hydrogens is 518 g/mol. The van der Waals surface area contributed by atoms with E-state index in [0.29, 0.717) is 25.0 Å². The third-order valence-corrected chi connectivity index (χ3v) is 7.84. The first kappa shape index (κ1) is 32.1. The van der Waals surface area contributed by atoms with Gasteiger partial charge in [0.25, 0.3) is 0 Å². The van der Waals surface area contributed by atoms with Crippen molar-refractivity contribution in [2.24, 2.45) is 5.92 Å². The minimum absolute atomic E-state index is 0.0188. The molecule has 214 valence electrons. The fraction of sp³-hybridized carbons (Fsp3) is 0.517. The molecule has 0 heterocycles. The number of carbonyl (C=O) groups excluding carboxylic acids is 1. The van der Waals surface area contributed by atoms with Gasteiger partial charge in [0.1, 0.15) is 11.4 Å². The Kier molecular flexibility index (Phi) is 12.2. The van der Waals surface area contributed by atoms with Crippen molar-refractivity contribution in [2.45, 2.75) is 88.5 Å². The maximum Gasteiger partial charge on any atom is 0.407 e. The molecule has 3 N–H and O–H groups in total. The van der Waals surface area contributed by atoms with Gasteiger partial charge >= 0.3 is 6.09 Å². The molecule has 0 aliphatic rings. The van der Waals surface area contributed by atoms with Gasteiger partial charge in [0, 0.05) is 6.42 Å². The van der Waals surface area contributed by atoms with E-state index in [1.165, 1.54) is 19.2 Å². The van der Waals surface area contributed by atoms with Crippen LogP contribution in [0.15, 0.2) is 59.5 Å². The van der Waals surface area contributed by atoms with Gasteiger partial charge in [-0.1, -0.05) is 43.7 Å². The first-order valence-electron chi connectivity index (χ1n) is 13.1. The van der Waals surface area contributed by atoms with Crippen LogP contribution in [0.4, 0.5) is 4.79 Å². The Morgan fingerprint density at radius 3 is 2.26 bits per heavy atom. The van der Waals surface area contributed by atoms with Crippen LogP contribution in [0.3, 0.4) is 0 Å². The zero-order valence-electron chi connectivity index (χ0n) is 23.4. The number of aliphatic hydroxyl groups is 1. The number of methoxy groups -OCH3 is 1. The van der Waals surface area contributed by atoms with E-state index in [-0.39, 0.29) is 23.7 Å². The average molecular weight is 560 g/mol. The lowest BCUT2D eigenvalue weighted by Gasteiger charge is -2.33. The zero-order valence-corrected chi connectivity index (χ0v) is 24.2. The van der Waals surface area contributed by atoms with E-state index >= 15 is 0 Å². The smallest absolute Gasteiger partial charge is 0.407 e. The van der Waals surface area contributed by atoms with Crippen molar-refractivity contribution in [3.05, 3.63) is 60.2 Å². The van der Waals surface area contributed by atoms with Gasteiger partial charge in [-0.25, -0.2) is 17.9 Å². The molecule has 4 atom stereocenters. The standard InChI is InChI=1S/C29H41N3O6S/c1-6-21(13-10-18-30)19-26(32-39(35,36)24-16-14-23(37-5)15-17-24)27(33)25(20-22-11-8-7-9-12-22)31-28(34)38-29(2,3)4/h7-9,11-12,14-17,21,25-27,32-33H,6,10,13,19-20H2,1-5H3,(H,31,34)/t21?,25-,26?,27+/m0/s1. The molecule has 0 aliphatic heterocycles. The number of hydrogen-bond acceptors (Lipinski definition) is 7. The molecule has 0 spiro atoms. The van der Waals surface area contributed by atoms with Gasteiger partial charge in [-0.2, -0.15) is 5.26 Å². The Morgan fingerprint density at radius 2 is 1.72 bits per heavy atom. The average Bonchev–Trinajstić information content (AvgIpc) is 2.89. The van der Waals surface area contributed by atoms with Crippen molar-refractivity contribution < 1.29 is 27.8 Å². The highest BCUT2D eigenvalue weighted by atomic mass is 32.2. The van der Waals surface area contributed by atoms with Crippen LogP contribution in [0.5, 0.6) is 5.75 Å². The van der Waals surface area contributed by atoms with Gasteiger partial charge in [-0.05, 0) is 75.8 Å². The molecule has 2 unspecified atom stereocenters. The molecule has 10 heteroatoms. The number of nitrogens with zero attached hydrogens (tertiary/aromatic N) is 1. The summed E-state index contributed by atoms with van der Waals surface area (Å²) < 4.78 is 40.0. The van der Waals surface area contributed by atoms with E-state index in [2.05, 4.69) is 16.1 Å². The number of carbonyl (C=O) groups is 1. The number of ether oxygens (including phenoxy) is 2. The summed E-state index contributed by atoms with van der Waals surface area (Å²) in [5.74, 6) is 0.486. The molecule has 0 saturated carbocycles. The fourth-order valence-electron chi connectivity index (χ4n) is 4.26. The number of sulfonamides is 1. The summed E-state index contributed by atoms with van der Waals surface area (Å²) in [6.07, 6.45) is 0.0717. The molecule has 2 aromatic carbocycles. The van der Waals surface area contributed by atoms with Crippen molar-refractivity contribution in [3.8, 4) is 11.8 Å². The number of amides is 1. The number of alkyl carbamates (subject to hydrolysis) is 1. The SMILES string of the molecule is CCC(CCC#N)CC(NS(=O)(=O)c1ccc(OC)cc1)[C@H](O)[C@H](Cc1ccccc1)NC(=O)OC(C)(C)C. The Balaban J connectivity index is 2.42. The highest BCUT2D eigenvalue weighted by molar-refractivity contribution is 7.89. The zero-order chi connectivity index (χ0) is 29.1. The van der Waals surface area contributed by atoms with E-state index in [1.54, 1.807) is 32.9 Å². The normalized spacial score (nSPS) is 14.9. The highest BCUT2D eigenvalue weighted by Crippen LogP contribution is 2.24. The first-order chi connectivity index (χ1) is 18.4. The van der Waals surface area contributed by atoms with Crippen molar-refractivity contribution >= 4 is 16.1 Å². The minimum atomic E-state index is -4.04. The molecule has 1 amide bonds. The second kappa shape index (κ2) is 14.9. The summed E-state index contributed by atoms with van der Waals surface area (Å²) in [6.45, 7) is 7.18. The van der Waals surface area contributed by atoms with Gasteiger partial charge in [0.05, 0.1) is 36.3 Å². The monoisotopic (exact) mass is 559 g/mol. The Bertz CT molecular complexity index is 1170. The summed E-state index contributed by atoms with van der Waals surface area (Å²) in [4.78, 5) is 12.8. The van der Waals surface area contributed by atoms with E-state index in [4.69, 9.17) is 14.7 Å². The number of aliphatic hydroxyl groups excluding tert-OH is 1. The summed E-state index contributed by atoms with van der Waals surface area (Å²) in [7, 11) is -2.55. The lowest BCUT2D eigenvalue weighted by Crippen LogP contribution is -2.56. The fourth-order valence-corrected chi connectivity index (χ4v) is 5.53. The molecule has 0 fully saturated rings.